The molecular weight excluding hydrogens is 406 g/mol. The van der Waals surface area contributed by atoms with Gasteiger partial charge in [-0.15, -0.1) is 0 Å². The van der Waals surface area contributed by atoms with Crippen LogP contribution in [0.3, 0.4) is 0 Å². The highest BCUT2D eigenvalue weighted by atomic mass is 16.2. The van der Waals surface area contributed by atoms with E-state index in [1.54, 1.807) is 24.5 Å². The first-order valence-electron chi connectivity index (χ1n) is 11.7. The van der Waals surface area contributed by atoms with E-state index in [0.29, 0.717) is 43.0 Å². The number of carbonyl (C=O) groups is 2. The first kappa shape index (κ1) is 20.8. The van der Waals surface area contributed by atoms with Crippen LogP contribution in [0.5, 0.6) is 0 Å². The molecule has 168 valence electrons. The lowest BCUT2D eigenvalue weighted by Crippen LogP contribution is -2.43. The van der Waals surface area contributed by atoms with Crippen molar-refractivity contribution in [3.8, 4) is 0 Å². The number of hydrogen-bond donors (Lipinski definition) is 1. The van der Waals surface area contributed by atoms with Crippen molar-refractivity contribution in [3.05, 3.63) is 57.5 Å². The lowest BCUT2D eigenvalue weighted by molar-refractivity contribution is -0.136. The predicted molar refractivity (Wildman–Crippen MR) is 118 cm³/mol. The van der Waals surface area contributed by atoms with E-state index in [2.05, 4.69) is 9.97 Å². The van der Waals surface area contributed by atoms with E-state index in [-0.39, 0.29) is 29.3 Å². The van der Waals surface area contributed by atoms with Crippen LogP contribution in [-0.4, -0.2) is 49.7 Å². The maximum Gasteiger partial charge on any atom is 0.256 e. The first-order valence-corrected chi connectivity index (χ1v) is 11.7. The number of aromatic amines is 1. The molecule has 2 aromatic heterocycles. The normalized spacial score (nSPS) is 21.4. The van der Waals surface area contributed by atoms with Crippen molar-refractivity contribution in [1.82, 2.24) is 24.8 Å². The zero-order valence-electron chi connectivity index (χ0n) is 18.3. The molecule has 1 saturated heterocycles. The SMILES string of the molecule is O=C(C1CCCC1)N1CCc2nc([C@@H]3CCCCN3C(=O)c3ccncc3)[nH]c(=O)c2C1. The van der Waals surface area contributed by atoms with Gasteiger partial charge in [0.25, 0.3) is 11.5 Å². The monoisotopic (exact) mass is 435 g/mol. The largest absolute Gasteiger partial charge is 0.337 e. The summed E-state index contributed by atoms with van der Waals surface area (Å²) in [6.45, 7) is 1.57. The number of amides is 2. The topological polar surface area (TPSA) is 99.3 Å². The third-order valence-corrected chi connectivity index (χ3v) is 7.11. The van der Waals surface area contributed by atoms with Crippen LogP contribution in [-0.2, 0) is 17.8 Å². The second kappa shape index (κ2) is 8.84. The second-order valence-electron chi connectivity index (χ2n) is 9.11. The molecule has 5 rings (SSSR count). The molecule has 0 unspecified atom stereocenters. The molecule has 8 nitrogen and oxygen atoms in total. The van der Waals surface area contributed by atoms with Crippen molar-refractivity contribution >= 4 is 11.8 Å². The van der Waals surface area contributed by atoms with E-state index in [1.807, 2.05) is 9.80 Å². The average Bonchev–Trinajstić information content (AvgIpc) is 3.38. The molecule has 0 aromatic carbocycles. The van der Waals surface area contributed by atoms with E-state index < -0.39 is 0 Å². The number of nitrogens with zero attached hydrogens (tertiary/aromatic N) is 4. The van der Waals surface area contributed by atoms with Crippen LogP contribution in [0.4, 0.5) is 0 Å². The Kier molecular flexibility index (Phi) is 5.76. The van der Waals surface area contributed by atoms with Gasteiger partial charge >= 0.3 is 0 Å². The van der Waals surface area contributed by atoms with Crippen molar-refractivity contribution in [2.45, 2.75) is 64.0 Å². The molecule has 2 fully saturated rings. The summed E-state index contributed by atoms with van der Waals surface area (Å²) in [5, 5.41) is 0. The minimum absolute atomic E-state index is 0.0641. The number of H-pyrrole nitrogens is 1. The zero-order chi connectivity index (χ0) is 22.1. The fourth-order valence-electron chi connectivity index (χ4n) is 5.34. The Labute approximate surface area is 187 Å². The fraction of sp³-hybridized carbons (Fsp3) is 0.542. The predicted octanol–water partition coefficient (Wildman–Crippen LogP) is 2.61. The standard InChI is InChI=1S/C24H29N5O3/c30-22-18-15-28(23(31)16-5-1-2-6-16)14-10-19(18)26-21(27-22)20-7-3-4-13-29(20)24(32)17-8-11-25-12-9-17/h8-9,11-12,16,20H,1-7,10,13-15H2,(H,26,27,30)/t20-/m0/s1. The summed E-state index contributed by atoms with van der Waals surface area (Å²) in [6.07, 6.45) is 10.6. The van der Waals surface area contributed by atoms with Crippen molar-refractivity contribution in [2.75, 3.05) is 13.1 Å². The van der Waals surface area contributed by atoms with Gasteiger partial charge in [0, 0.05) is 43.4 Å². The van der Waals surface area contributed by atoms with Gasteiger partial charge in [0.05, 0.1) is 23.8 Å². The minimum Gasteiger partial charge on any atom is -0.337 e. The summed E-state index contributed by atoms with van der Waals surface area (Å²) in [5.41, 5.74) is 1.76. The van der Waals surface area contributed by atoms with Crippen LogP contribution >= 0.6 is 0 Å². The summed E-state index contributed by atoms with van der Waals surface area (Å²) in [4.78, 5) is 54.4. The van der Waals surface area contributed by atoms with Crippen LogP contribution in [0, 0.1) is 5.92 Å². The Morgan fingerprint density at radius 2 is 1.75 bits per heavy atom. The fourth-order valence-corrected chi connectivity index (χ4v) is 5.34. The van der Waals surface area contributed by atoms with Gasteiger partial charge in [-0.25, -0.2) is 4.98 Å². The minimum atomic E-state index is -0.249. The Morgan fingerprint density at radius 3 is 2.53 bits per heavy atom. The molecule has 4 heterocycles. The number of fused-ring (bicyclic) bond motifs is 1. The van der Waals surface area contributed by atoms with E-state index in [4.69, 9.17) is 4.98 Å². The maximum atomic E-state index is 13.1. The number of aromatic nitrogens is 3. The summed E-state index contributed by atoms with van der Waals surface area (Å²) in [7, 11) is 0. The molecule has 8 heteroatoms. The van der Waals surface area contributed by atoms with Gasteiger partial charge in [-0.1, -0.05) is 12.8 Å². The molecule has 1 aliphatic carbocycles. The Hall–Kier alpha value is -3.03. The number of piperidine rings is 1. The molecule has 1 N–H and O–H groups in total. The van der Waals surface area contributed by atoms with Crippen LogP contribution < -0.4 is 5.56 Å². The summed E-state index contributed by atoms with van der Waals surface area (Å²) in [5.74, 6) is 0.785. The van der Waals surface area contributed by atoms with E-state index in [9.17, 15) is 14.4 Å². The summed E-state index contributed by atoms with van der Waals surface area (Å²) >= 11 is 0. The highest BCUT2D eigenvalue weighted by molar-refractivity contribution is 5.94. The molecule has 32 heavy (non-hydrogen) atoms. The number of hydrogen-bond acceptors (Lipinski definition) is 5. The molecule has 2 aliphatic heterocycles. The smallest absolute Gasteiger partial charge is 0.256 e. The molecule has 1 atom stereocenters. The molecule has 3 aliphatic rings. The number of carbonyl (C=O) groups excluding carboxylic acids is 2. The molecule has 0 spiro atoms. The molecule has 0 bridgehead atoms. The van der Waals surface area contributed by atoms with E-state index >= 15 is 0 Å². The van der Waals surface area contributed by atoms with Crippen molar-refractivity contribution in [1.29, 1.82) is 0 Å². The average molecular weight is 436 g/mol. The molecule has 0 radical (unpaired) electrons. The lowest BCUT2D eigenvalue weighted by atomic mass is 9.98. The quantitative estimate of drug-likeness (QED) is 0.799. The van der Waals surface area contributed by atoms with Gasteiger partial charge in [0.15, 0.2) is 0 Å². The van der Waals surface area contributed by atoms with Crippen LogP contribution in [0.2, 0.25) is 0 Å². The molecule has 2 aromatic rings. The van der Waals surface area contributed by atoms with Crippen molar-refractivity contribution in [2.24, 2.45) is 5.92 Å². The van der Waals surface area contributed by atoms with Gasteiger partial charge < -0.3 is 14.8 Å². The number of rotatable bonds is 3. The van der Waals surface area contributed by atoms with Crippen molar-refractivity contribution in [3.63, 3.8) is 0 Å². The highest BCUT2D eigenvalue weighted by Crippen LogP contribution is 2.31. The van der Waals surface area contributed by atoms with Crippen molar-refractivity contribution < 1.29 is 9.59 Å². The number of pyridine rings is 1. The van der Waals surface area contributed by atoms with Gasteiger partial charge in [0.2, 0.25) is 5.91 Å². The third kappa shape index (κ3) is 3.94. The number of likely N-dealkylation sites (tertiary alicyclic amines) is 1. The number of nitrogens with one attached hydrogen (secondary N) is 1. The lowest BCUT2D eigenvalue weighted by Gasteiger charge is -2.36. The molecular formula is C24H29N5O3. The highest BCUT2D eigenvalue weighted by Gasteiger charge is 2.34. The van der Waals surface area contributed by atoms with Crippen LogP contribution in [0.25, 0.3) is 0 Å². The summed E-state index contributed by atoms with van der Waals surface area (Å²) < 4.78 is 0. The first-order chi connectivity index (χ1) is 15.6. The van der Waals surface area contributed by atoms with Gasteiger partial charge in [-0.3, -0.25) is 19.4 Å². The van der Waals surface area contributed by atoms with Gasteiger partial charge in [-0.2, -0.15) is 0 Å². The maximum absolute atomic E-state index is 13.1. The zero-order valence-corrected chi connectivity index (χ0v) is 18.3. The molecule has 1 saturated carbocycles. The van der Waals surface area contributed by atoms with Gasteiger partial charge in [0.1, 0.15) is 5.82 Å². The van der Waals surface area contributed by atoms with Crippen LogP contribution in [0.15, 0.2) is 29.3 Å². The third-order valence-electron chi connectivity index (χ3n) is 7.11. The van der Waals surface area contributed by atoms with Crippen LogP contribution in [0.1, 0.15) is 78.4 Å². The second-order valence-corrected chi connectivity index (χ2v) is 9.11. The molecule has 2 amide bonds. The Balaban J connectivity index is 1.39. The van der Waals surface area contributed by atoms with Gasteiger partial charge in [-0.05, 0) is 44.2 Å². The summed E-state index contributed by atoms with van der Waals surface area (Å²) in [6, 6.07) is 3.18. The Bertz CT molecular complexity index is 1060. The van der Waals surface area contributed by atoms with E-state index in [0.717, 1.165) is 50.6 Å². The van der Waals surface area contributed by atoms with E-state index in [1.165, 1.54) is 0 Å². The Morgan fingerprint density at radius 1 is 1.00 bits per heavy atom.